The first-order valence-corrected chi connectivity index (χ1v) is 8.07. The van der Waals surface area contributed by atoms with Gasteiger partial charge in [-0.25, -0.2) is 4.79 Å². The zero-order chi connectivity index (χ0) is 18.3. The number of carbonyl (C=O) groups excluding carboxylic acids is 3. The highest BCUT2D eigenvalue weighted by Crippen LogP contribution is 2.32. The van der Waals surface area contributed by atoms with Gasteiger partial charge in [-0.1, -0.05) is 19.1 Å². The number of amides is 3. The fourth-order valence-corrected chi connectivity index (χ4v) is 3.34. The largest absolute Gasteiger partial charge is 0.478 e. The Labute approximate surface area is 144 Å². The number of carbonyl (C=O) groups is 4. The van der Waals surface area contributed by atoms with Gasteiger partial charge >= 0.3 is 5.97 Å². The molecule has 2 unspecified atom stereocenters. The molecule has 3 rings (SSSR count). The topological polar surface area (TPSA) is 107 Å². The Morgan fingerprint density at radius 1 is 1.24 bits per heavy atom. The van der Waals surface area contributed by atoms with Crippen molar-refractivity contribution >= 4 is 23.7 Å². The van der Waals surface area contributed by atoms with Crippen molar-refractivity contribution in [3.05, 3.63) is 35.4 Å². The van der Waals surface area contributed by atoms with E-state index in [4.69, 9.17) is 0 Å². The van der Waals surface area contributed by atoms with E-state index >= 15 is 0 Å². The number of carboxylic acids is 1. The molecule has 132 valence electrons. The third-order valence-corrected chi connectivity index (χ3v) is 4.74. The van der Waals surface area contributed by atoms with Gasteiger partial charge in [-0.05, 0) is 24.1 Å². The predicted octanol–water partition coefficient (Wildman–Crippen LogP) is -0.169. The van der Waals surface area contributed by atoms with Crippen molar-refractivity contribution in [2.45, 2.75) is 38.5 Å². The SMILES string of the molecule is CCc1ccc(C(=O)N[C@@H]2C(=O)N3C2CN(C(C)=O)C3C(=O)O)cc1. The van der Waals surface area contributed by atoms with Crippen LogP contribution in [-0.2, 0) is 20.8 Å². The number of hydrogen-bond donors (Lipinski definition) is 2. The Bertz CT molecular complexity index is 745. The van der Waals surface area contributed by atoms with E-state index in [1.165, 1.54) is 6.92 Å². The van der Waals surface area contributed by atoms with Crippen LogP contribution in [0.1, 0.15) is 29.8 Å². The van der Waals surface area contributed by atoms with Crippen LogP contribution in [-0.4, -0.2) is 63.4 Å². The molecular weight excluding hydrogens is 326 g/mol. The summed E-state index contributed by atoms with van der Waals surface area (Å²) in [5.41, 5.74) is 1.53. The van der Waals surface area contributed by atoms with E-state index in [2.05, 4.69) is 5.32 Å². The van der Waals surface area contributed by atoms with Gasteiger partial charge in [0.05, 0.1) is 6.04 Å². The zero-order valence-corrected chi connectivity index (χ0v) is 13.9. The van der Waals surface area contributed by atoms with Crippen LogP contribution >= 0.6 is 0 Å². The molecule has 2 aliphatic heterocycles. The lowest BCUT2D eigenvalue weighted by Crippen LogP contribution is -2.71. The summed E-state index contributed by atoms with van der Waals surface area (Å²) in [7, 11) is 0. The van der Waals surface area contributed by atoms with Crippen molar-refractivity contribution in [1.82, 2.24) is 15.1 Å². The molecule has 0 saturated carbocycles. The van der Waals surface area contributed by atoms with Crippen LogP contribution in [0.5, 0.6) is 0 Å². The van der Waals surface area contributed by atoms with Crippen LogP contribution in [0.15, 0.2) is 24.3 Å². The standard InChI is InChI=1S/C17H19N3O5/c1-3-10-4-6-11(7-5-10)14(22)18-13-12-8-19(9(2)21)15(17(24)25)20(12)16(13)23/h4-7,12-13,15H,3,8H2,1-2H3,(H,18,22)(H,24,25)/t12?,13-,15?/m0/s1. The molecule has 3 amide bonds. The van der Waals surface area contributed by atoms with E-state index in [1.807, 2.05) is 19.1 Å². The Kier molecular flexibility index (Phi) is 4.20. The summed E-state index contributed by atoms with van der Waals surface area (Å²) in [4.78, 5) is 49.9. The summed E-state index contributed by atoms with van der Waals surface area (Å²) in [6, 6.07) is 5.73. The number of β-lactam (4-membered cyclic amide) rings is 1. The average molecular weight is 345 g/mol. The average Bonchev–Trinajstić information content (AvgIpc) is 2.96. The lowest BCUT2D eigenvalue weighted by molar-refractivity contribution is -0.164. The maximum Gasteiger partial charge on any atom is 0.347 e. The molecule has 1 aromatic rings. The Balaban J connectivity index is 1.73. The minimum Gasteiger partial charge on any atom is -0.478 e. The normalized spacial score (nSPS) is 24.6. The lowest BCUT2D eigenvalue weighted by atomic mass is 9.96. The van der Waals surface area contributed by atoms with Gasteiger partial charge in [0.1, 0.15) is 6.04 Å². The number of aliphatic carboxylic acids is 1. The quantitative estimate of drug-likeness (QED) is 0.737. The van der Waals surface area contributed by atoms with Gasteiger partial charge in [-0.3, -0.25) is 14.4 Å². The number of nitrogens with one attached hydrogen (secondary N) is 1. The van der Waals surface area contributed by atoms with Crippen molar-refractivity contribution in [2.75, 3.05) is 6.54 Å². The Morgan fingerprint density at radius 3 is 2.40 bits per heavy atom. The molecule has 0 bridgehead atoms. The molecule has 0 aromatic heterocycles. The smallest absolute Gasteiger partial charge is 0.347 e. The second-order valence-electron chi connectivity index (χ2n) is 6.20. The monoisotopic (exact) mass is 345 g/mol. The summed E-state index contributed by atoms with van der Waals surface area (Å²) in [5, 5.41) is 11.9. The first-order valence-electron chi connectivity index (χ1n) is 8.07. The molecule has 0 aliphatic carbocycles. The van der Waals surface area contributed by atoms with Gasteiger partial charge < -0.3 is 20.2 Å². The van der Waals surface area contributed by atoms with Gasteiger partial charge in [-0.2, -0.15) is 0 Å². The highest BCUT2D eigenvalue weighted by molar-refractivity contribution is 6.02. The molecule has 2 aliphatic rings. The molecule has 1 aromatic carbocycles. The van der Waals surface area contributed by atoms with E-state index < -0.39 is 41.9 Å². The van der Waals surface area contributed by atoms with Crippen LogP contribution in [0, 0.1) is 0 Å². The summed E-state index contributed by atoms with van der Waals surface area (Å²) in [5.74, 6) is -2.56. The number of nitrogens with zero attached hydrogens (tertiary/aromatic N) is 2. The number of aryl methyl sites for hydroxylation is 1. The summed E-state index contributed by atoms with van der Waals surface area (Å²) in [6.45, 7) is 3.36. The number of benzene rings is 1. The van der Waals surface area contributed by atoms with Crippen LogP contribution < -0.4 is 5.32 Å². The Hall–Kier alpha value is -2.90. The highest BCUT2D eigenvalue weighted by atomic mass is 16.4. The Morgan fingerprint density at radius 2 is 1.88 bits per heavy atom. The van der Waals surface area contributed by atoms with Crippen molar-refractivity contribution in [3.63, 3.8) is 0 Å². The third-order valence-electron chi connectivity index (χ3n) is 4.74. The second kappa shape index (κ2) is 6.19. The van der Waals surface area contributed by atoms with Crippen LogP contribution in [0.4, 0.5) is 0 Å². The molecule has 2 N–H and O–H groups in total. The lowest BCUT2D eigenvalue weighted by Gasteiger charge is -2.43. The summed E-state index contributed by atoms with van der Waals surface area (Å²) >= 11 is 0. The molecule has 3 atom stereocenters. The van der Waals surface area contributed by atoms with E-state index in [0.29, 0.717) is 5.56 Å². The van der Waals surface area contributed by atoms with Crippen molar-refractivity contribution < 1.29 is 24.3 Å². The predicted molar refractivity (Wildman–Crippen MR) is 86.5 cm³/mol. The molecule has 8 nitrogen and oxygen atoms in total. The van der Waals surface area contributed by atoms with Gasteiger partial charge in [0, 0.05) is 19.0 Å². The summed E-state index contributed by atoms with van der Waals surface area (Å²) in [6.07, 6.45) is -0.440. The minimum atomic E-state index is -1.30. The van der Waals surface area contributed by atoms with Gasteiger partial charge in [0.15, 0.2) is 0 Å². The highest BCUT2D eigenvalue weighted by Gasteiger charge is 2.60. The maximum absolute atomic E-state index is 12.3. The van der Waals surface area contributed by atoms with E-state index in [9.17, 15) is 24.3 Å². The van der Waals surface area contributed by atoms with Crippen molar-refractivity contribution in [2.24, 2.45) is 0 Å². The van der Waals surface area contributed by atoms with Crippen LogP contribution in [0.25, 0.3) is 0 Å². The summed E-state index contributed by atoms with van der Waals surface area (Å²) < 4.78 is 0. The van der Waals surface area contributed by atoms with Crippen LogP contribution in [0.2, 0.25) is 0 Å². The fourth-order valence-electron chi connectivity index (χ4n) is 3.34. The van der Waals surface area contributed by atoms with Crippen molar-refractivity contribution in [3.8, 4) is 0 Å². The molecule has 2 saturated heterocycles. The zero-order valence-electron chi connectivity index (χ0n) is 13.9. The number of fused-ring (bicyclic) bond motifs is 1. The van der Waals surface area contributed by atoms with Gasteiger partial charge in [0.2, 0.25) is 18.0 Å². The fraction of sp³-hybridized carbons (Fsp3) is 0.412. The van der Waals surface area contributed by atoms with Gasteiger partial charge in [-0.15, -0.1) is 0 Å². The van der Waals surface area contributed by atoms with E-state index in [0.717, 1.165) is 21.8 Å². The molecule has 25 heavy (non-hydrogen) atoms. The molecule has 0 spiro atoms. The molecule has 0 radical (unpaired) electrons. The van der Waals surface area contributed by atoms with Gasteiger partial charge in [0.25, 0.3) is 5.91 Å². The second-order valence-corrected chi connectivity index (χ2v) is 6.20. The number of carboxylic acid groups (broad SMARTS) is 1. The van der Waals surface area contributed by atoms with Crippen LogP contribution in [0.3, 0.4) is 0 Å². The molecular formula is C17H19N3O5. The van der Waals surface area contributed by atoms with E-state index in [-0.39, 0.29) is 6.54 Å². The van der Waals surface area contributed by atoms with Crippen molar-refractivity contribution in [1.29, 1.82) is 0 Å². The van der Waals surface area contributed by atoms with E-state index in [1.54, 1.807) is 12.1 Å². The first-order chi connectivity index (χ1) is 11.8. The maximum atomic E-state index is 12.3. The minimum absolute atomic E-state index is 0.0950. The first kappa shape index (κ1) is 16.9. The number of hydrogen-bond acceptors (Lipinski definition) is 4. The molecule has 2 heterocycles. The number of rotatable bonds is 4. The molecule has 2 fully saturated rings. The third kappa shape index (κ3) is 2.73. The molecule has 8 heteroatoms.